The fourth-order valence-electron chi connectivity index (χ4n) is 2.53. The molecule has 3 heteroatoms. The Morgan fingerprint density at radius 3 is 2.72 bits per heavy atom. The maximum atomic E-state index is 3.59. The highest BCUT2D eigenvalue weighted by molar-refractivity contribution is 7.98. The molecule has 1 saturated heterocycles. The first-order chi connectivity index (χ1) is 8.81. The van der Waals surface area contributed by atoms with Gasteiger partial charge in [0.05, 0.1) is 0 Å². The van der Waals surface area contributed by atoms with Crippen LogP contribution in [0.3, 0.4) is 0 Å². The van der Waals surface area contributed by atoms with Gasteiger partial charge in [-0.2, -0.15) is 0 Å². The Hall–Kier alpha value is -0.510. The highest BCUT2D eigenvalue weighted by atomic mass is 32.2. The van der Waals surface area contributed by atoms with Gasteiger partial charge in [0.1, 0.15) is 0 Å². The lowest BCUT2D eigenvalue weighted by atomic mass is 10.1. The molecule has 0 aromatic heterocycles. The highest BCUT2D eigenvalue weighted by Crippen LogP contribution is 2.16. The summed E-state index contributed by atoms with van der Waals surface area (Å²) in [5, 5.41) is 3.59. The maximum absolute atomic E-state index is 3.59. The minimum Gasteiger partial charge on any atom is -0.312 e. The Morgan fingerprint density at radius 1 is 1.33 bits per heavy atom. The average Bonchev–Trinajstić information content (AvgIpc) is 2.87. The van der Waals surface area contributed by atoms with E-state index < -0.39 is 0 Å². The third-order valence-corrected chi connectivity index (χ3v) is 4.48. The third kappa shape index (κ3) is 4.01. The number of thioether (sulfide) groups is 1. The van der Waals surface area contributed by atoms with Crippen molar-refractivity contribution in [3.05, 3.63) is 29.8 Å². The number of likely N-dealkylation sites (tertiary alicyclic amines) is 1. The molecule has 2 nitrogen and oxygen atoms in total. The summed E-state index contributed by atoms with van der Waals surface area (Å²) in [7, 11) is 0. The van der Waals surface area contributed by atoms with Crippen LogP contribution < -0.4 is 5.32 Å². The Bertz CT molecular complexity index is 350. The van der Waals surface area contributed by atoms with Crippen LogP contribution in [0.1, 0.15) is 18.9 Å². The summed E-state index contributed by atoms with van der Waals surface area (Å²) in [5.74, 6) is 0.843. The molecular weight excluding hydrogens is 240 g/mol. The van der Waals surface area contributed by atoms with E-state index in [4.69, 9.17) is 0 Å². The van der Waals surface area contributed by atoms with E-state index in [1.807, 2.05) is 0 Å². The zero-order valence-corrected chi connectivity index (χ0v) is 12.3. The van der Waals surface area contributed by atoms with Crippen molar-refractivity contribution >= 4 is 11.8 Å². The maximum Gasteiger partial charge on any atom is 0.0205 e. The normalized spacial score (nSPS) is 20.4. The standard InChI is InChI=1S/C15H24N2S/c1-3-17-9-8-14(12-17)11-16-10-13-4-6-15(18-2)7-5-13/h4-7,14,16H,3,8-12H2,1-2H3. The lowest BCUT2D eigenvalue weighted by molar-refractivity contribution is 0.339. The number of nitrogens with zero attached hydrogens (tertiary/aromatic N) is 1. The first-order valence-electron chi connectivity index (χ1n) is 6.87. The lowest BCUT2D eigenvalue weighted by Crippen LogP contribution is -2.26. The fraction of sp³-hybridized carbons (Fsp3) is 0.600. The van der Waals surface area contributed by atoms with Crippen LogP contribution in [0.15, 0.2) is 29.2 Å². The van der Waals surface area contributed by atoms with Crippen molar-refractivity contribution in [1.29, 1.82) is 0 Å². The van der Waals surface area contributed by atoms with E-state index in [0.29, 0.717) is 0 Å². The summed E-state index contributed by atoms with van der Waals surface area (Å²) < 4.78 is 0. The van der Waals surface area contributed by atoms with Gasteiger partial charge < -0.3 is 10.2 Å². The van der Waals surface area contributed by atoms with Crippen LogP contribution in [0.5, 0.6) is 0 Å². The molecule has 1 aromatic carbocycles. The Labute approximate surface area is 115 Å². The molecule has 2 rings (SSSR count). The van der Waals surface area contributed by atoms with Crippen LogP contribution in [0.2, 0.25) is 0 Å². The van der Waals surface area contributed by atoms with Crippen LogP contribution in [0, 0.1) is 5.92 Å². The van der Waals surface area contributed by atoms with Gasteiger partial charge in [-0.25, -0.2) is 0 Å². The van der Waals surface area contributed by atoms with E-state index in [2.05, 4.69) is 47.7 Å². The summed E-state index contributed by atoms with van der Waals surface area (Å²) in [6, 6.07) is 8.86. The molecule has 0 radical (unpaired) electrons. The van der Waals surface area contributed by atoms with E-state index >= 15 is 0 Å². The molecule has 1 heterocycles. The summed E-state index contributed by atoms with van der Waals surface area (Å²) >= 11 is 1.80. The molecule has 0 saturated carbocycles. The molecule has 1 fully saturated rings. The van der Waals surface area contributed by atoms with Crippen molar-refractivity contribution in [1.82, 2.24) is 10.2 Å². The number of benzene rings is 1. The summed E-state index contributed by atoms with van der Waals surface area (Å²) in [5.41, 5.74) is 1.39. The van der Waals surface area contributed by atoms with Gasteiger partial charge in [0, 0.05) is 18.0 Å². The molecule has 1 N–H and O–H groups in total. The predicted octanol–water partition coefficient (Wildman–Crippen LogP) is 2.84. The van der Waals surface area contributed by atoms with Gasteiger partial charge in [-0.15, -0.1) is 11.8 Å². The van der Waals surface area contributed by atoms with Crippen LogP contribution in [0.25, 0.3) is 0 Å². The number of nitrogens with one attached hydrogen (secondary N) is 1. The van der Waals surface area contributed by atoms with E-state index in [1.165, 1.54) is 36.5 Å². The van der Waals surface area contributed by atoms with E-state index in [-0.39, 0.29) is 0 Å². The minimum atomic E-state index is 0.843. The van der Waals surface area contributed by atoms with Crippen molar-refractivity contribution in [2.24, 2.45) is 5.92 Å². The SMILES string of the molecule is CCN1CCC(CNCc2ccc(SC)cc2)C1. The molecule has 1 unspecified atom stereocenters. The molecule has 0 amide bonds. The molecule has 18 heavy (non-hydrogen) atoms. The van der Waals surface area contributed by atoms with Crippen molar-refractivity contribution < 1.29 is 0 Å². The first-order valence-corrected chi connectivity index (χ1v) is 8.10. The number of hydrogen-bond acceptors (Lipinski definition) is 3. The second-order valence-corrected chi connectivity index (χ2v) is 5.91. The summed E-state index contributed by atoms with van der Waals surface area (Å²) in [6.45, 7) is 8.16. The number of hydrogen-bond donors (Lipinski definition) is 1. The van der Waals surface area contributed by atoms with Crippen LogP contribution in [-0.4, -0.2) is 37.3 Å². The minimum absolute atomic E-state index is 0.843. The number of rotatable bonds is 6. The molecule has 0 spiro atoms. The predicted molar refractivity (Wildman–Crippen MR) is 80.2 cm³/mol. The topological polar surface area (TPSA) is 15.3 Å². The molecule has 0 bridgehead atoms. The Kier molecular flexibility index (Phi) is 5.54. The van der Waals surface area contributed by atoms with E-state index in [0.717, 1.165) is 19.0 Å². The van der Waals surface area contributed by atoms with Crippen molar-refractivity contribution in [2.75, 3.05) is 32.4 Å². The van der Waals surface area contributed by atoms with Crippen molar-refractivity contribution in [2.45, 2.75) is 24.8 Å². The Balaban J connectivity index is 1.68. The van der Waals surface area contributed by atoms with Gasteiger partial charge in [0.15, 0.2) is 0 Å². The molecule has 1 aliphatic heterocycles. The van der Waals surface area contributed by atoms with Crippen molar-refractivity contribution in [3.8, 4) is 0 Å². The van der Waals surface area contributed by atoms with Gasteiger partial charge >= 0.3 is 0 Å². The molecule has 100 valence electrons. The molecule has 1 aromatic rings. The zero-order valence-electron chi connectivity index (χ0n) is 11.5. The smallest absolute Gasteiger partial charge is 0.0205 e. The van der Waals surface area contributed by atoms with Gasteiger partial charge in [-0.1, -0.05) is 19.1 Å². The molecule has 1 aliphatic rings. The average molecular weight is 264 g/mol. The van der Waals surface area contributed by atoms with E-state index in [9.17, 15) is 0 Å². The van der Waals surface area contributed by atoms with Crippen LogP contribution in [0.4, 0.5) is 0 Å². The van der Waals surface area contributed by atoms with Gasteiger partial charge in [-0.3, -0.25) is 0 Å². The van der Waals surface area contributed by atoms with Crippen LogP contribution in [-0.2, 0) is 6.54 Å². The zero-order chi connectivity index (χ0) is 12.8. The molecule has 0 aliphatic carbocycles. The largest absolute Gasteiger partial charge is 0.312 e. The highest BCUT2D eigenvalue weighted by Gasteiger charge is 2.20. The van der Waals surface area contributed by atoms with Crippen molar-refractivity contribution in [3.63, 3.8) is 0 Å². The van der Waals surface area contributed by atoms with Crippen LogP contribution >= 0.6 is 11.8 Å². The van der Waals surface area contributed by atoms with Gasteiger partial charge in [-0.05, 0) is 55.9 Å². The van der Waals surface area contributed by atoms with E-state index in [1.54, 1.807) is 11.8 Å². The second-order valence-electron chi connectivity index (χ2n) is 5.03. The fourth-order valence-corrected chi connectivity index (χ4v) is 2.94. The summed E-state index contributed by atoms with van der Waals surface area (Å²) in [4.78, 5) is 3.88. The first kappa shape index (κ1) is 13.9. The van der Waals surface area contributed by atoms with Gasteiger partial charge in [0.2, 0.25) is 0 Å². The lowest BCUT2D eigenvalue weighted by Gasteiger charge is -2.13. The quantitative estimate of drug-likeness (QED) is 0.795. The Morgan fingerprint density at radius 2 is 2.11 bits per heavy atom. The van der Waals surface area contributed by atoms with Gasteiger partial charge in [0.25, 0.3) is 0 Å². The molecule has 1 atom stereocenters. The molecular formula is C15H24N2S. The third-order valence-electron chi connectivity index (χ3n) is 3.74. The monoisotopic (exact) mass is 264 g/mol. The summed E-state index contributed by atoms with van der Waals surface area (Å²) in [6.07, 6.45) is 3.47. The second kappa shape index (κ2) is 7.17.